The summed E-state index contributed by atoms with van der Waals surface area (Å²) >= 11 is 0.823. The van der Waals surface area contributed by atoms with Crippen LogP contribution in [0.5, 0.6) is 5.75 Å². The predicted octanol–water partition coefficient (Wildman–Crippen LogP) is 1.82. The van der Waals surface area contributed by atoms with Crippen molar-refractivity contribution in [3.05, 3.63) is 34.2 Å². The lowest BCUT2D eigenvalue weighted by Crippen LogP contribution is -2.17. The zero-order chi connectivity index (χ0) is 15.7. The summed E-state index contributed by atoms with van der Waals surface area (Å²) < 4.78 is 5.27. The van der Waals surface area contributed by atoms with Crippen molar-refractivity contribution in [1.29, 1.82) is 0 Å². The molecule has 1 aliphatic heterocycles. The Labute approximate surface area is 130 Å². The maximum atomic E-state index is 11.7. The molecule has 7 heteroatoms. The minimum atomic E-state index is -0.440. The van der Waals surface area contributed by atoms with Gasteiger partial charge >= 0.3 is 5.97 Å². The van der Waals surface area contributed by atoms with Crippen LogP contribution in [0.25, 0.3) is 6.08 Å². The first-order valence-corrected chi connectivity index (χ1v) is 7.59. The lowest BCUT2D eigenvalue weighted by atomic mass is 10.1. The van der Waals surface area contributed by atoms with Gasteiger partial charge in [0.1, 0.15) is 5.75 Å². The fraction of sp³-hybridized carbons (Fsp3) is 0.267. The Morgan fingerprint density at radius 1 is 1.41 bits per heavy atom. The van der Waals surface area contributed by atoms with Crippen LogP contribution in [0.2, 0.25) is 0 Å². The highest BCUT2D eigenvalue weighted by molar-refractivity contribution is 8.18. The zero-order valence-corrected chi connectivity index (χ0v) is 12.3. The van der Waals surface area contributed by atoms with Gasteiger partial charge in [-0.1, -0.05) is 6.07 Å². The van der Waals surface area contributed by atoms with E-state index >= 15 is 0 Å². The van der Waals surface area contributed by atoms with Gasteiger partial charge in [-0.15, -0.1) is 0 Å². The normalized spacial score (nSPS) is 19.4. The Kier molecular flexibility index (Phi) is 4.00. The van der Waals surface area contributed by atoms with Crippen molar-refractivity contribution in [2.45, 2.75) is 19.4 Å². The number of carbonyl (C=O) groups is 3. The van der Waals surface area contributed by atoms with Crippen LogP contribution in [0, 0.1) is 5.92 Å². The molecular formula is C15H13NO5S. The van der Waals surface area contributed by atoms with E-state index in [1.165, 1.54) is 0 Å². The highest BCUT2D eigenvalue weighted by Gasteiger charge is 2.32. The second-order valence-electron chi connectivity index (χ2n) is 5.07. The molecule has 2 amide bonds. The molecule has 0 bridgehead atoms. The topological polar surface area (TPSA) is 92.7 Å². The van der Waals surface area contributed by atoms with Crippen molar-refractivity contribution in [3.8, 4) is 5.75 Å². The van der Waals surface area contributed by atoms with Crippen LogP contribution in [0.4, 0.5) is 4.79 Å². The van der Waals surface area contributed by atoms with Gasteiger partial charge in [0.05, 0.1) is 17.4 Å². The number of benzene rings is 1. The Morgan fingerprint density at radius 2 is 2.18 bits per heavy atom. The molecule has 22 heavy (non-hydrogen) atoms. The van der Waals surface area contributed by atoms with E-state index in [-0.39, 0.29) is 23.4 Å². The SMILES string of the molecule is O=C1NC(=O)/C(=C/c2ccc(OC(=O)C3CC3)c(CO)c2)S1. The van der Waals surface area contributed by atoms with E-state index in [9.17, 15) is 19.5 Å². The Bertz CT molecular complexity index is 693. The number of imide groups is 1. The van der Waals surface area contributed by atoms with Crippen LogP contribution in [-0.2, 0) is 16.2 Å². The summed E-state index contributed by atoms with van der Waals surface area (Å²) in [6.07, 6.45) is 3.24. The number of aliphatic hydroxyl groups is 1. The number of esters is 1. The molecule has 1 saturated heterocycles. The first-order valence-electron chi connectivity index (χ1n) is 6.77. The van der Waals surface area contributed by atoms with Crippen molar-refractivity contribution in [1.82, 2.24) is 5.32 Å². The number of rotatable bonds is 4. The third-order valence-corrected chi connectivity index (χ3v) is 4.13. The third kappa shape index (κ3) is 3.20. The van der Waals surface area contributed by atoms with Gasteiger partial charge in [-0.05, 0) is 48.4 Å². The van der Waals surface area contributed by atoms with Crippen LogP contribution in [0.15, 0.2) is 23.1 Å². The molecule has 2 fully saturated rings. The smallest absolute Gasteiger partial charge is 0.314 e. The quantitative estimate of drug-likeness (QED) is 0.499. The van der Waals surface area contributed by atoms with E-state index in [1.54, 1.807) is 24.3 Å². The molecule has 0 spiro atoms. The van der Waals surface area contributed by atoms with Crippen LogP contribution < -0.4 is 10.1 Å². The largest absolute Gasteiger partial charge is 0.426 e. The summed E-state index contributed by atoms with van der Waals surface area (Å²) in [6, 6.07) is 4.87. The second-order valence-corrected chi connectivity index (χ2v) is 6.09. The molecule has 1 saturated carbocycles. The number of thioether (sulfide) groups is 1. The molecule has 114 valence electrons. The van der Waals surface area contributed by atoms with Gasteiger partial charge in [0.2, 0.25) is 0 Å². The first-order chi connectivity index (χ1) is 10.6. The lowest BCUT2D eigenvalue weighted by molar-refractivity contribution is -0.135. The molecule has 1 aromatic carbocycles. The molecule has 6 nitrogen and oxygen atoms in total. The Balaban J connectivity index is 1.82. The molecular weight excluding hydrogens is 306 g/mol. The van der Waals surface area contributed by atoms with Crippen LogP contribution in [0.1, 0.15) is 24.0 Å². The monoisotopic (exact) mass is 319 g/mol. The highest BCUT2D eigenvalue weighted by atomic mass is 32.2. The van der Waals surface area contributed by atoms with Gasteiger partial charge in [0, 0.05) is 5.56 Å². The van der Waals surface area contributed by atoms with Gasteiger partial charge in [-0.25, -0.2) is 0 Å². The van der Waals surface area contributed by atoms with E-state index < -0.39 is 11.1 Å². The number of nitrogens with one attached hydrogen (secondary N) is 1. The summed E-state index contributed by atoms with van der Waals surface area (Å²) in [7, 11) is 0. The fourth-order valence-corrected chi connectivity index (χ4v) is 2.68. The van der Waals surface area contributed by atoms with E-state index in [0.29, 0.717) is 16.9 Å². The van der Waals surface area contributed by atoms with Gasteiger partial charge in [0.15, 0.2) is 0 Å². The summed E-state index contributed by atoms with van der Waals surface area (Å²) in [5, 5.41) is 11.2. The maximum absolute atomic E-state index is 11.7. The molecule has 1 aliphatic carbocycles. The molecule has 1 heterocycles. The van der Waals surface area contributed by atoms with E-state index in [4.69, 9.17) is 4.74 Å². The van der Waals surface area contributed by atoms with Crippen molar-refractivity contribution in [2.24, 2.45) is 5.92 Å². The number of hydrogen-bond acceptors (Lipinski definition) is 6. The molecule has 0 aromatic heterocycles. The van der Waals surface area contributed by atoms with Crippen LogP contribution in [-0.4, -0.2) is 22.2 Å². The second kappa shape index (κ2) is 5.94. The number of ether oxygens (including phenoxy) is 1. The van der Waals surface area contributed by atoms with Crippen LogP contribution >= 0.6 is 11.8 Å². The molecule has 1 aromatic rings. The molecule has 3 rings (SSSR count). The standard InChI is InChI=1S/C15H13NO5S/c17-7-10-5-8(6-12-13(18)16-15(20)22-12)1-4-11(10)21-14(19)9-2-3-9/h1,4-6,9,17H,2-3,7H2,(H,16,18,20)/b12-6-. The van der Waals surface area contributed by atoms with Gasteiger partial charge in [0.25, 0.3) is 11.1 Å². The van der Waals surface area contributed by atoms with Crippen molar-refractivity contribution in [3.63, 3.8) is 0 Å². The van der Waals surface area contributed by atoms with Gasteiger partial charge in [-0.2, -0.15) is 0 Å². The summed E-state index contributed by atoms with van der Waals surface area (Å²) in [5.74, 6) is -0.430. The van der Waals surface area contributed by atoms with Gasteiger partial charge < -0.3 is 9.84 Å². The number of hydrogen-bond donors (Lipinski definition) is 2. The summed E-state index contributed by atoms with van der Waals surface area (Å²) in [4.78, 5) is 34.6. The maximum Gasteiger partial charge on any atom is 0.314 e. The Hall–Kier alpha value is -2.12. The average Bonchev–Trinajstić information content (AvgIpc) is 3.28. The molecule has 0 unspecified atom stereocenters. The molecule has 0 atom stereocenters. The number of aliphatic hydroxyl groups excluding tert-OH is 1. The van der Waals surface area contributed by atoms with Crippen molar-refractivity contribution < 1.29 is 24.2 Å². The minimum absolute atomic E-state index is 0.0297. The average molecular weight is 319 g/mol. The number of amides is 2. The fourth-order valence-electron chi connectivity index (χ4n) is 2.00. The molecule has 2 aliphatic rings. The third-order valence-electron chi connectivity index (χ3n) is 3.32. The van der Waals surface area contributed by atoms with Gasteiger partial charge in [-0.3, -0.25) is 19.7 Å². The summed E-state index contributed by atoms with van der Waals surface area (Å²) in [6.45, 7) is -0.289. The highest BCUT2D eigenvalue weighted by Crippen LogP contribution is 2.32. The zero-order valence-electron chi connectivity index (χ0n) is 11.5. The van der Waals surface area contributed by atoms with E-state index in [1.807, 2.05) is 0 Å². The lowest BCUT2D eigenvalue weighted by Gasteiger charge is -2.09. The van der Waals surface area contributed by atoms with E-state index in [2.05, 4.69) is 5.32 Å². The van der Waals surface area contributed by atoms with E-state index in [0.717, 1.165) is 24.6 Å². The van der Waals surface area contributed by atoms with Crippen molar-refractivity contribution in [2.75, 3.05) is 0 Å². The first kappa shape index (κ1) is 14.8. The predicted molar refractivity (Wildman–Crippen MR) is 79.8 cm³/mol. The minimum Gasteiger partial charge on any atom is -0.426 e. The Morgan fingerprint density at radius 3 is 2.77 bits per heavy atom. The van der Waals surface area contributed by atoms with Crippen molar-refractivity contribution >= 4 is 35.0 Å². The van der Waals surface area contributed by atoms with Crippen LogP contribution in [0.3, 0.4) is 0 Å². The summed E-state index contributed by atoms with van der Waals surface area (Å²) in [5.41, 5.74) is 1.10. The number of carbonyl (C=O) groups excluding carboxylic acids is 3. The molecule has 0 radical (unpaired) electrons. The molecule has 2 N–H and O–H groups in total.